The van der Waals surface area contributed by atoms with Crippen LogP contribution in [0.5, 0.6) is 5.75 Å². The van der Waals surface area contributed by atoms with E-state index in [0.29, 0.717) is 23.7 Å². The van der Waals surface area contributed by atoms with Crippen molar-refractivity contribution >= 4 is 23.4 Å². The first kappa shape index (κ1) is 27.3. The van der Waals surface area contributed by atoms with Crippen molar-refractivity contribution in [1.82, 2.24) is 10.2 Å². The molecule has 0 saturated carbocycles. The fourth-order valence-electron chi connectivity index (χ4n) is 3.93. The summed E-state index contributed by atoms with van der Waals surface area (Å²) >= 11 is 6.08. The van der Waals surface area contributed by atoms with Gasteiger partial charge in [-0.1, -0.05) is 79.5 Å². The number of nitrogens with zero attached hydrogens (tertiary/aromatic N) is 1. The smallest absolute Gasteiger partial charge is 0.261 e. The largest absolute Gasteiger partial charge is 0.483 e. The van der Waals surface area contributed by atoms with Gasteiger partial charge in [-0.15, -0.1) is 0 Å². The Morgan fingerprint density at radius 3 is 2.39 bits per heavy atom. The molecule has 0 bridgehead atoms. The molecular weight excluding hydrogens is 472 g/mol. The molecule has 1 atom stereocenters. The summed E-state index contributed by atoms with van der Waals surface area (Å²) in [4.78, 5) is 28.7. The Balaban J connectivity index is 1.89. The molecular formula is C30H35ClN2O3. The topological polar surface area (TPSA) is 58.6 Å². The number of carbonyl (C=O) groups excluding carboxylic acids is 2. The van der Waals surface area contributed by atoms with Crippen molar-refractivity contribution in [2.45, 2.75) is 52.6 Å². The average Bonchev–Trinajstić information content (AvgIpc) is 2.88. The number of rotatable bonds is 12. The first-order chi connectivity index (χ1) is 17.4. The molecule has 6 heteroatoms. The summed E-state index contributed by atoms with van der Waals surface area (Å²) in [6.07, 6.45) is 2.26. The van der Waals surface area contributed by atoms with Gasteiger partial charge in [-0.2, -0.15) is 0 Å². The minimum absolute atomic E-state index is 0.161. The molecule has 0 spiro atoms. The van der Waals surface area contributed by atoms with Crippen molar-refractivity contribution in [2.24, 2.45) is 0 Å². The fourth-order valence-corrected chi connectivity index (χ4v) is 4.06. The highest BCUT2D eigenvalue weighted by Crippen LogP contribution is 2.21. The van der Waals surface area contributed by atoms with Crippen LogP contribution >= 0.6 is 11.6 Å². The number of hydrogen-bond acceptors (Lipinski definition) is 3. The minimum atomic E-state index is -0.686. The predicted octanol–water partition coefficient (Wildman–Crippen LogP) is 5.89. The highest BCUT2D eigenvalue weighted by Gasteiger charge is 2.30. The third-order valence-corrected chi connectivity index (χ3v) is 6.31. The molecule has 36 heavy (non-hydrogen) atoms. The number of benzene rings is 3. The number of amides is 2. The number of aryl methyl sites for hydroxylation is 2. The fraction of sp³-hybridized carbons (Fsp3) is 0.333. The summed E-state index contributed by atoms with van der Waals surface area (Å²) < 4.78 is 5.95. The van der Waals surface area contributed by atoms with E-state index in [0.717, 1.165) is 35.1 Å². The number of hydrogen-bond donors (Lipinski definition) is 1. The van der Waals surface area contributed by atoms with Gasteiger partial charge in [0, 0.05) is 24.5 Å². The zero-order valence-electron chi connectivity index (χ0n) is 21.3. The monoisotopic (exact) mass is 506 g/mol. The standard InChI is InChI=1S/C30H35ClN2O3/c1-4-5-17-32-30(35)27(19-24-9-7-6-8-10-24)33(20-25-13-15-26(31)16-14-25)29(34)21-36-28-18-22(2)11-12-23(28)3/h6-16,18,27H,4-5,17,19-21H2,1-3H3,(H,32,35)/t27-/m1/s1. The molecule has 1 N–H and O–H groups in total. The van der Waals surface area contributed by atoms with E-state index < -0.39 is 6.04 Å². The molecule has 5 nitrogen and oxygen atoms in total. The Hall–Kier alpha value is -3.31. The highest BCUT2D eigenvalue weighted by atomic mass is 35.5. The second-order valence-corrected chi connectivity index (χ2v) is 9.49. The van der Waals surface area contributed by atoms with E-state index in [9.17, 15) is 9.59 Å². The summed E-state index contributed by atoms with van der Waals surface area (Å²) in [6, 6.07) is 22.3. The molecule has 0 aliphatic heterocycles. The van der Waals surface area contributed by atoms with Crippen LogP contribution in [-0.2, 0) is 22.6 Å². The zero-order valence-corrected chi connectivity index (χ0v) is 22.1. The SMILES string of the molecule is CCCCNC(=O)[C@@H](Cc1ccccc1)N(Cc1ccc(Cl)cc1)C(=O)COc1cc(C)ccc1C. The van der Waals surface area contributed by atoms with Crippen molar-refractivity contribution in [3.8, 4) is 5.75 Å². The van der Waals surface area contributed by atoms with E-state index in [1.807, 2.05) is 74.5 Å². The summed E-state index contributed by atoms with van der Waals surface area (Å²) in [6.45, 7) is 6.69. The van der Waals surface area contributed by atoms with E-state index in [1.165, 1.54) is 0 Å². The van der Waals surface area contributed by atoms with E-state index in [1.54, 1.807) is 17.0 Å². The third-order valence-electron chi connectivity index (χ3n) is 6.06. The van der Waals surface area contributed by atoms with Crippen molar-refractivity contribution in [1.29, 1.82) is 0 Å². The predicted molar refractivity (Wildman–Crippen MR) is 145 cm³/mol. The average molecular weight is 507 g/mol. The van der Waals surface area contributed by atoms with Gasteiger partial charge in [0.15, 0.2) is 6.61 Å². The Bertz CT molecular complexity index is 1130. The van der Waals surface area contributed by atoms with Gasteiger partial charge in [0.25, 0.3) is 5.91 Å². The summed E-state index contributed by atoms with van der Waals surface area (Å²) in [5, 5.41) is 3.65. The van der Waals surface area contributed by atoms with Crippen LogP contribution in [0.4, 0.5) is 0 Å². The molecule has 0 heterocycles. The maximum absolute atomic E-state index is 13.6. The molecule has 0 radical (unpaired) electrons. The van der Waals surface area contributed by atoms with Gasteiger partial charge in [-0.25, -0.2) is 0 Å². The Morgan fingerprint density at radius 1 is 0.972 bits per heavy atom. The van der Waals surface area contributed by atoms with Gasteiger partial charge in [-0.05, 0) is 60.7 Å². The van der Waals surface area contributed by atoms with Crippen molar-refractivity contribution in [3.63, 3.8) is 0 Å². The van der Waals surface area contributed by atoms with Crippen LogP contribution in [0.3, 0.4) is 0 Å². The lowest BCUT2D eigenvalue weighted by Crippen LogP contribution is -2.51. The van der Waals surface area contributed by atoms with Crippen LogP contribution in [0.15, 0.2) is 72.8 Å². The van der Waals surface area contributed by atoms with Crippen LogP contribution in [-0.4, -0.2) is 35.9 Å². The van der Waals surface area contributed by atoms with Crippen LogP contribution in [0.2, 0.25) is 5.02 Å². The summed E-state index contributed by atoms with van der Waals surface area (Å²) in [7, 11) is 0. The normalized spacial score (nSPS) is 11.6. The van der Waals surface area contributed by atoms with E-state index in [-0.39, 0.29) is 25.0 Å². The lowest BCUT2D eigenvalue weighted by atomic mass is 10.0. The molecule has 0 unspecified atom stereocenters. The number of unbranched alkanes of at least 4 members (excludes halogenated alkanes) is 1. The lowest BCUT2D eigenvalue weighted by Gasteiger charge is -2.31. The summed E-state index contributed by atoms with van der Waals surface area (Å²) in [5.74, 6) is 0.251. The molecule has 3 aromatic rings. The Labute approximate surface area is 219 Å². The molecule has 0 aliphatic rings. The lowest BCUT2D eigenvalue weighted by molar-refractivity contribution is -0.142. The Morgan fingerprint density at radius 2 is 1.69 bits per heavy atom. The maximum atomic E-state index is 13.6. The van der Waals surface area contributed by atoms with Crippen molar-refractivity contribution < 1.29 is 14.3 Å². The molecule has 3 aromatic carbocycles. The third kappa shape index (κ3) is 8.13. The first-order valence-corrected chi connectivity index (χ1v) is 12.8. The molecule has 0 aliphatic carbocycles. The molecule has 0 fully saturated rings. The first-order valence-electron chi connectivity index (χ1n) is 12.4. The second-order valence-electron chi connectivity index (χ2n) is 9.06. The molecule has 3 rings (SSSR count). The number of ether oxygens (including phenoxy) is 1. The van der Waals surface area contributed by atoms with Gasteiger partial charge in [0.2, 0.25) is 5.91 Å². The Kier molecular flexibility index (Phi) is 10.4. The van der Waals surface area contributed by atoms with E-state index in [4.69, 9.17) is 16.3 Å². The van der Waals surface area contributed by atoms with Crippen molar-refractivity contribution in [3.05, 3.63) is 100 Å². The van der Waals surface area contributed by atoms with Crippen LogP contribution in [0, 0.1) is 13.8 Å². The molecule has 0 saturated heterocycles. The van der Waals surface area contributed by atoms with Gasteiger partial charge in [0.1, 0.15) is 11.8 Å². The molecule has 0 aromatic heterocycles. The molecule has 190 valence electrons. The van der Waals surface area contributed by atoms with Crippen LogP contribution in [0.25, 0.3) is 0 Å². The van der Waals surface area contributed by atoms with Crippen LogP contribution in [0.1, 0.15) is 42.0 Å². The number of halogens is 1. The van der Waals surface area contributed by atoms with Gasteiger partial charge in [0.05, 0.1) is 0 Å². The van der Waals surface area contributed by atoms with Gasteiger partial charge < -0.3 is 15.0 Å². The highest BCUT2D eigenvalue weighted by molar-refractivity contribution is 6.30. The number of carbonyl (C=O) groups is 2. The minimum Gasteiger partial charge on any atom is -0.483 e. The van der Waals surface area contributed by atoms with E-state index >= 15 is 0 Å². The zero-order chi connectivity index (χ0) is 25.9. The van der Waals surface area contributed by atoms with Crippen LogP contribution < -0.4 is 10.1 Å². The second kappa shape index (κ2) is 13.7. The molecule has 2 amide bonds. The maximum Gasteiger partial charge on any atom is 0.261 e. The van der Waals surface area contributed by atoms with E-state index in [2.05, 4.69) is 12.2 Å². The van der Waals surface area contributed by atoms with Gasteiger partial charge in [-0.3, -0.25) is 9.59 Å². The van der Waals surface area contributed by atoms with Gasteiger partial charge >= 0.3 is 0 Å². The number of nitrogens with one attached hydrogen (secondary N) is 1. The van der Waals surface area contributed by atoms with Crippen molar-refractivity contribution in [2.75, 3.05) is 13.2 Å². The quantitative estimate of drug-likeness (QED) is 0.311. The summed E-state index contributed by atoms with van der Waals surface area (Å²) in [5.41, 5.74) is 3.88.